The number of carboxylic acids is 2. The molecule has 0 bridgehead atoms. The van der Waals surface area contributed by atoms with Crippen molar-refractivity contribution in [3.05, 3.63) is 0 Å². The van der Waals surface area contributed by atoms with Crippen molar-refractivity contribution in [1.29, 1.82) is 0 Å². The van der Waals surface area contributed by atoms with Crippen molar-refractivity contribution >= 4 is 18.2 Å². The molecule has 1 fully saturated rings. The molecule has 0 aromatic heterocycles. The van der Waals surface area contributed by atoms with E-state index in [9.17, 15) is 14.4 Å². The first-order valence-electron chi connectivity index (χ1n) is 9.10. The van der Waals surface area contributed by atoms with Gasteiger partial charge in [0.1, 0.15) is 6.29 Å². The summed E-state index contributed by atoms with van der Waals surface area (Å²) in [5, 5.41) is 18.2. The molecule has 0 amide bonds. The molecule has 26 heavy (non-hydrogen) atoms. The summed E-state index contributed by atoms with van der Waals surface area (Å²) in [5.41, 5.74) is 0. The Morgan fingerprint density at radius 2 is 1.19 bits per heavy atom. The summed E-state index contributed by atoms with van der Waals surface area (Å²) in [4.78, 5) is 41.2. The highest BCUT2D eigenvalue weighted by atomic mass is 16.4. The Kier molecular flexibility index (Phi) is 10.3. The molecule has 0 unspecified atom stereocenters. The van der Waals surface area contributed by atoms with Gasteiger partial charge in [-0.3, -0.25) is 29.2 Å². The van der Waals surface area contributed by atoms with E-state index in [0.717, 1.165) is 25.9 Å². The fraction of sp³-hybridized carbons (Fsp3) is 0.824. The van der Waals surface area contributed by atoms with E-state index >= 15 is 0 Å². The lowest BCUT2D eigenvalue weighted by molar-refractivity contribution is -0.140. The van der Waals surface area contributed by atoms with Crippen molar-refractivity contribution in [1.82, 2.24) is 19.6 Å². The van der Waals surface area contributed by atoms with Gasteiger partial charge in [0.2, 0.25) is 0 Å². The van der Waals surface area contributed by atoms with Crippen LogP contribution in [0.1, 0.15) is 13.8 Å². The summed E-state index contributed by atoms with van der Waals surface area (Å²) in [7, 11) is 0. The Hall–Kier alpha value is -1.55. The molecule has 0 aromatic rings. The van der Waals surface area contributed by atoms with Crippen molar-refractivity contribution in [2.75, 3.05) is 72.0 Å². The SMILES string of the molecule is CC(C)N1CCN(CC=O)CCN(CC(=O)O)CCN(CC(=O)O)CC1. The van der Waals surface area contributed by atoms with Crippen LogP contribution in [0.25, 0.3) is 0 Å². The lowest BCUT2D eigenvalue weighted by Gasteiger charge is -2.34. The highest BCUT2D eigenvalue weighted by Gasteiger charge is 2.19. The molecule has 9 nitrogen and oxygen atoms in total. The Morgan fingerprint density at radius 3 is 1.58 bits per heavy atom. The minimum absolute atomic E-state index is 0.0515. The zero-order valence-corrected chi connectivity index (χ0v) is 15.8. The highest BCUT2D eigenvalue weighted by molar-refractivity contribution is 5.69. The molecule has 0 aromatic carbocycles. The molecule has 0 saturated carbocycles. The van der Waals surface area contributed by atoms with Crippen LogP contribution in [-0.4, -0.2) is 126 Å². The number of nitrogens with zero attached hydrogens (tertiary/aromatic N) is 4. The van der Waals surface area contributed by atoms with Crippen LogP contribution in [0.2, 0.25) is 0 Å². The average molecular weight is 372 g/mol. The van der Waals surface area contributed by atoms with E-state index in [4.69, 9.17) is 10.2 Å². The Labute approximate surface area is 155 Å². The van der Waals surface area contributed by atoms with E-state index in [1.165, 1.54) is 0 Å². The number of carbonyl (C=O) groups excluding carboxylic acids is 1. The minimum Gasteiger partial charge on any atom is -0.480 e. The quantitative estimate of drug-likeness (QED) is 0.544. The van der Waals surface area contributed by atoms with Gasteiger partial charge >= 0.3 is 11.9 Å². The fourth-order valence-corrected chi connectivity index (χ4v) is 3.06. The monoisotopic (exact) mass is 372 g/mol. The van der Waals surface area contributed by atoms with Crippen LogP contribution in [-0.2, 0) is 14.4 Å². The van der Waals surface area contributed by atoms with Crippen molar-refractivity contribution in [2.45, 2.75) is 19.9 Å². The van der Waals surface area contributed by atoms with E-state index in [1.807, 2.05) is 9.80 Å². The molecule has 1 rings (SSSR count). The van der Waals surface area contributed by atoms with E-state index < -0.39 is 11.9 Å². The van der Waals surface area contributed by atoms with Crippen molar-refractivity contribution in [3.8, 4) is 0 Å². The summed E-state index contributed by atoms with van der Waals surface area (Å²) < 4.78 is 0. The van der Waals surface area contributed by atoms with Crippen molar-refractivity contribution < 1.29 is 24.6 Å². The molecule has 2 N–H and O–H groups in total. The predicted octanol–water partition coefficient (Wildman–Crippen LogP) is -1.02. The molecule has 150 valence electrons. The fourth-order valence-electron chi connectivity index (χ4n) is 3.06. The Balaban J connectivity index is 2.84. The number of aliphatic carboxylic acids is 2. The number of aldehydes is 1. The second-order valence-corrected chi connectivity index (χ2v) is 6.94. The second kappa shape index (κ2) is 11.9. The third-order valence-electron chi connectivity index (χ3n) is 4.65. The molecule has 1 aliphatic rings. The van der Waals surface area contributed by atoms with E-state index in [2.05, 4.69) is 18.7 Å². The van der Waals surface area contributed by atoms with Crippen LogP contribution in [0.5, 0.6) is 0 Å². The lowest BCUT2D eigenvalue weighted by atomic mass is 10.2. The summed E-state index contributed by atoms with van der Waals surface area (Å²) in [6.45, 7) is 9.36. The first-order valence-corrected chi connectivity index (χ1v) is 9.10. The number of carboxylic acid groups (broad SMARTS) is 2. The van der Waals surface area contributed by atoms with Crippen LogP contribution in [0.4, 0.5) is 0 Å². The number of rotatable bonds is 7. The first kappa shape index (κ1) is 22.5. The average Bonchev–Trinajstić information content (AvgIpc) is 2.53. The Bertz CT molecular complexity index is 460. The van der Waals surface area contributed by atoms with Gasteiger partial charge in [0.15, 0.2) is 0 Å². The maximum atomic E-state index is 11.1. The van der Waals surface area contributed by atoms with Gasteiger partial charge in [-0.2, -0.15) is 0 Å². The summed E-state index contributed by atoms with van der Waals surface area (Å²) in [6.07, 6.45) is 0.877. The maximum absolute atomic E-state index is 11.1. The van der Waals surface area contributed by atoms with Crippen LogP contribution in [0, 0.1) is 0 Å². The predicted molar refractivity (Wildman–Crippen MR) is 97.4 cm³/mol. The topological polar surface area (TPSA) is 105 Å². The zero-order valence-electron chi connectivity index (χ0n) is 15.8. The molecular weight excluding hydrogens is 340 g/mol. The minimum atomic E-state index is -0.908. The number of hydrogen-bond donors (Lipinski definition) is 2. The third-order valence-corrected chi connectivity index (χ3v) is 4.65. The first-order chi connectivity index (χ1) is 12.3. The summed E-state index contributed by atoms with van der Waals surface area (Å²) >= 11 is 0. The molecule has 0 spiro atoms. The smallest absolute Gasteiger partial charge is 0.317 e. The van der Waals surface area contributed by atoms with Gasteiger partial charge < -0.3 is 15.0 Å². The molecular formula is C17H32N4O5. The largest absolute Gasteiger partial charge is 0.480 e. The van der Waals surface area contributed by atoms with Gasteiger partial charge in [0, 0.05) is 58.4 Å². The molecule has 0 aliphatic carbocycles. The molecule has 0 atom stereocenters. The number of hydrogen-bond acceptors (Lipinski definition) is 7. The maximum Gasteiger partial charge on any atom is 0.317 e. The van der Waals surface area contributed by atoms with E-state index in [1.54, 1.807) is 4.90 Å². The lowest BCUT2D eigenvalue weighted by Crippen LogP contribution is -2.49. The van der Waals surface area contributed by atoms with Crippen molar-refractivity contribution in [3.63, 3.8) is 0 Å². The highest BCUT2D eigenvalue weighted by Crippen LogP contribution is 2.03. The molecule has 1 aliphatic heterocycles. The normalized spacial score (nSPS) is 20.4. The van der Waals surface area contributed by atoms with Gasteiger partial charge in [-0.1, -0.05) is 0 Å². The van der Waals surface area contributed by atoms with Crippen LogP contribution in [0.3, 0.4) is 0 Å². The molecule has 0 radical (unpaired) electrons. The van der Waals surface area contributed by atoms with Gasteiger partial charge in [0.25, 0.3) is 0 Å². The van der Waals surface area contributed by atoms with Gasteiger partial charge in [-0.25, -0.2) is 0 Å². The van der Waals surface area contributed by atoms with Gasteiger partial charge in [-0.15, -0.1) is 0 Å². The molecule has 9 heteroatoms. The van der Waals surface area contributed by atoms with Crippen LogP contribution in [0.15, 0.2) is 0 Å². The standard InChI is InChI=1S/C17H32N4O5/c1-15(2)21-9-7-18(11-12-22)3-4-19(13-16(23)24)5-6-20(8-10-21)14-17(25)26/h12,15H,3-11,13-14H2,1-2H3,(H,23,24)(H,25,26). The van der Waals surface area contributed by atoms with E-state index in [-0.39, 0.29) is 13.1 Å². The van der Waals surface area contributed by atoms with Gasteiger partial charge in [0.05, 0.1) is 19.6 Å². The van der Waals surface area contributed by atoms with Crippen LogP contribution < -0.4 is 0 Å². The third kappa shape index (κ3) is 9.23. The Morgan fingerprint density at radius 1 is 0.808 bits per heavy atom. The molecule has 1 heterocycles. The number of carbonyl (C=O) groups is 3. The molecule has 1 saturated heterocycles. The van der Waals surface area contributed by atoms with Crippen molar-refractivity contribution in [2.24, 2.45) is 0 Å². The summed E-state index contributed by atoms with van der Waals surface area (Å²) in [5.74, 6) is -1.79. The van der Waals surface area contributed by atoms with Crippen LogP contribution >= 0.6 is 0 Å². The van der Waals surface area contributed by atoms with E-state index in [0.29, 0.717) is 45.3 Å². The zero-order chi connectivity index (χ0) is 19.5. The summed E-state index contributed by atoms with van der Waals surface area (Å²) in [6, 6.07) is 0.325. The van der Waals surface area contributed by atoms with Gasteiger partial charge in [-0.05, 0) is 13.8 Å². The second-order valence-electron chi connectivity index (χ2n) is 6.94.